The topological polar surface area (TPSA) is 233 Å². The lowest BCUT2D eigenvalue weighted by Gasteiger charge is -2.69. The maximum atomic E-state index is 14.8. The van der Waals surface area contributed by atoms with E-state index in [-0.39, 0.29) is 95.6 Å². The highest BCUT2D eigenvalue weighted by Gasteiger charge is 2.76. The first-order valence-electron chi connectivity index (χ1n) is 26.1. The normalized spacial score (nSPS) is 20.9. The summed E-state index contributed by atoms with van der Waals surface area (Å²) in [6, 6.07) is 17.7. The summed E-state index contributed by atoms with van der Waals surface area (Å²) in [5.41, 5.74) is 1.09. The average Bonchev–Trinajstić information content (AvgIpc) is 4.17. The van der Waals surface area contributed by atoms with Crippen LogP contribution in [0.3, 0.4) is 0 Å². The van der Waals surface area contributed by atoms with Crippen LogP contribution in [-0.2, 0) is 33.3 Å². The Labute approximate surface area is 475 Å². The van der Waals surface area contributed by atoms with Gasteiger partial charge in [0.1, 0.15) is 18.1 Å². The van der Waals surface area contributed by atoms with Gasteiger partial charge in [-0.1, -0.05) is 76.5 Å². The van der Waals surface area contributed by atoms with Crippen LogP contribution in [0, 0.1) is 10.8 Å². The maximum absolute atomic E-state index is 14.8. The van der Waals surface area contributed by atoms with Crippen molar-refractivity contribution in [2.24, 2.45) is 10.8 Å². The van der Waals surface area contributed by atoms with Crippen LogP contribution in [-0.4, -0.2) is 148 Å². The molecule has 2 atom stereocenters. The number of nitrogens with zero attached hydrogens (tertiary/aromatic N) is 5. The molecule has 3 aliphatic heterocycles. The second-order valence-corrected chi connectivity index (χ2v) is 26.6. The molecule has 0 saturated heterocycles. The summed E-state index contributed by atoms with van der Waals surface area (Å²) in [6.45, 7) is 5.76. The number of anilines is 2. The van der Waals surface area contributed by atoms with Crippen molar-refractivity contribution < 1.29 is 61.9 Å². The van der Waals surface area contributed by atoms with Crippen molar-refractivity contribution in [1.29, 1.82) is 0 Å². The molecule has 7 amide bonds. The number of likely N-dealkylation sites (N-methyl/N-ethyl adjacent to an activating group) is 2. The zero-order valence-electron chi connectivity index (χ0n) is 44.2. The van der Waals surface area contributed by atoms with Crippen molar-refractivity contribution in [2.45, 2.75) is 75.4 Å². The quantitative estimate of drug-likeness (QED) is 0.0207. The predicted octanol–water partition coefficient (Wildman–Crippen LogP) is 8.93. The van der Waals surface area contributed by atoms with E-state index >= 15 is 0 Å². The van der Waals surface area contributed by atoms with E-state index in [1.165, 1.54) is 43.7 Å². The number of unbranched alkanes of at least 4 members (excludes halogenated alkanes) is 2. The molecule has 0 aromatic heterocycles. The Kier molecular flexibility index (Phi) is 17.3. The Bertz CT molecular complexity index is 3160. The number of fused-ring (bicyclic) bond motifs is 6. The fourth-order valence-electron chi connectivity index (χ4n) is 11.5. The zero-order chi connectivity index (χ0) is 56.6. The summed E-state index contributed by atoms with van der Waals surface area (Å²) in [5, 5.41) is 5.58. The van der Waals surface area contributed by atoms with Crippen molar-refractivity contribution in [3.05, 3.63) is 83.9 Å². The minimum Gasteiger partial charge on any atom is -0.449 e. The van der Waals surface area contributed by atoms with E-state index < -0.39 is 30.8 Å². The highest BCUT2D eigenvalue weighted by molar-refractivity contribution is 8.77. The van der Waals surface area contributed by atoms with Gasteiger partial charge >= 0.3 is 20.0 Å². The lowest BCUT2D eigenvalue weighted by molar-refractivity contribution is -0.205. The largest absolute Gasteiger partial charge is 0.524 e. The molecule has 4 aromatic carbocycles. The minimum atomic E-state index is -4.96. The van der Waals surface area contributed by atoms with Gasteiger partial charge in [-0.3, -0.25) is 38.7 Å². The van der Waals surface area contributed by atoms with Crippen LogP contribution in [0.5, 0.6) is 11.5 Å². The van der Waals surface area contributed by atoms with E-state index in [4.69, 9.17) is 37.2 Å². The van der Waals surface area contributed by atoms with Gasteiger partial charge in [0.15, 0.2) is 0 Å². The van der Waals surface area contributed by atoms with Crippen LogP contribution >= 0.6 is 52.6 Å². The van der Waals surface area contributed by atoms with Gasteiger partial charge in [0.2, 0.25) is 17.7 Å². The van der Waals surface area contributed by atoms with Gasteiger partial charge in [-0.15, -0.1) is 23.2 Å². The molecule has 3 N–H and O–H groups in total. The van der Waals surface area contributed by atoms with Crippen LogP contribution < -0.4 is 24.4 Å². The Hall–Kier alpha value is -5.54. The summed E-state index contributed by atoms with van der Waals surface area (Å²) in [4.78, 5) is 119. The number of hydrogen-bond acceptors (Lipinski definition) is 13. The molecule has 3 heterocycles. The highest BCUT2D eigenvalue weighted by Crippen LogP contribution is 2.75. The van der Waals surface area contributed by atoms with E-state index in [0.29, 0.717) is 97.9 Å². The van der Waals surface area contributed by atoms with Crippen LogP contribution in [0.25, 0.3) is 21.5 Å². The molecule has 422 valence electrons. The molecule has 19 nitrogen and oxygen atoms in total. The predicted molar refractivity (Wildman–Crippen MR) is 305 cm³/mol. The molecular weight excluding hydrogens is 1120 g/mol. The van der Waals surface area contributed by atoms with Crippen molar-refractivity contribution in [2.75, 3.05) is 87.3 Å². The number of benzene rings is 4. The first-order valence-corrected chi connectivity index (χ1v) is 31.0. The van der Waals surface area contributed by atoms with Crippen molar-refractivity contribution in [3.63, 3.8) is 0 Å². The molecule has 0 radical (unpaired) electrons. The first-order chi connectivity index (χ1) is 37.6. The second-order valence-electron chi connectivity index (χ2n) is 21.7. The third-order valence-electron chi connectivity index (χ3n) is 15.4. The SMILES string of the molecule is CN(CCN(C)C(=O)Oc1cc2c(c3ccccc13)C(CCl)CN2C(=O)C12CC(C(=O)N3CC(CCl)c4c3cc(OP(=O)(O)O)c3ccccc43)(C1)C2)C(=O)OCCSSC(C)(C)CNC(=O)CCCCCN1C(=O)C=CC1=O. The molecule has 3 fully saturated rings. The molecule has 10 rings (SSSR count). The summed E-state index contributed by atoms with van der Waals surface area (Å²) >= 11 is 13.1. The van der Waals surface area contributed by atoms with E-state index in [2.05, 4.69) is 5.32 Å². The first kappa shape index (κ1) is 58.1. The summed E-state index contributed by atoms with van der Waals surface area (Å²) in [5.74, 6) is -0.353. The monoisotopic (exact) mass is 1180 g/mol. The molecule has 2 unspecified atom stereocenters. The van der Waals surface area contributed by atoms with Crippen molar-refractivity contribution in [1.82, 2.24) is 20.0 Å². The number of imide groups is 1. The summed E-state index contributed by atoms with van der Waals surface area (Å²) in [6.07, 6.45) is 4.56. The highest BCUT2D eigenvalue weighted by atomic mass is 35.5. The lowest BCUT2D eigenvalue weighted by atomic mass is 9.34. The zero-order valence-corrected chi connectivity index (χ0v) is 48.3. The molecule has 2 bridgehead atoms. The maximum Gasteiger partial charge on any atom is 0.524 e. The number of ether oxygens (including phenoxy) is 2. The van der Waals surface area contributed by atoms with E-state index in [1.54, 1.807) is 59.0 Å². The molecule has 6 aliphatic rings. The van der Waals surface area contributed by atoms with Crippen LogP contribution in [0.15, 0.2) is 72.8 Å². The van der Waals surface area contributed by atoms with Gasteiger partial charge in [-0.05, 0) is 67.9 Å². The second kappa shape index (κ2) is 23.5. The number of phosphoric ester groups is 1. The minimum absolute atomic E-state index is 0.0493. The van der Waals surface area contributed by atoms with Gasteiger partial charge in [0, 0.05) is 129 Å². The molecule has 3 aliphatic carbocycles. The fourth-order valence-corrected chi connectivity index (χ4v) is 14.7. The lowest BCUT2D eigenvalue weighted by Crippen LogP contribution is -2.73. The van der Waals surface area contributed by atoms with Gasteiger partial charge < -0.3 is 38.9 Å². The Morgan fingerprint density at radius 2 is 1.27 bits per heavy atom. The standard InChI is InChI=1S/C55H63Cl2N6O13PS2/c1-53(2,33-58-44(64)16-6-5-11-19-61-45(65)17-18-46(61)66)79-78-23-22-74-51(69)59(3)20-21-60(4)52(70)75-42-24-40-47(38-14-9-7-12-36(38)42)34(26-56)28-62(40)49(67)54-30-55(31-54,32-54)50(68)63-29-35(27-57)48-39-15-10-8-13-37(39)43(25-41(48)63)76-77(71,72)73/h7-10,12-15,17-18,24-25,34-35H,5-6,11,16,19-23,26-33H2,1-4H3,(H,58,64)(H2,71,72,73). The van der Waals surface area contributed by atoms with E-state index in [0.717, 1.165) is 16.5 Å². The number of carbonyl (C=O) groups excluding carboxylic acids is 7. The van der Waals surface area contributed by atoms with Gasteiger partial charge in [0.05, 0.1) is 22.2 Å². The van der Waals surface area contributed by atoms with Gasteiger partial charge in [0.25, 0.3) is 11.8 Å². The Balaban J connectivity index is 0.754. The third-order valence-corrected chi connectivity index (χ3v) is 19.9. The fraction of sp³-hybridized carbons (Fsp3) is 0.473. The van der Waals surface area contributed by atoms with Crippen molar-refractivity contribution >= 4 is 127 Å². The molecule has 4 aromatic rings. The van der Waals surface area contributed by atoms with Crippen LogP contribution in [0.1, 0.15) is 81.8 Å². The average molecular weight is 1180 g/mol. The number of halogens is 2. The number of nitrogens with one attached hydrogen (secondary N) is 1. The number of carbonyl (C=O) groups is 7. The smallest absolute Gasteiger partial charge is 0.449 e. The number of hydrogen-bond donors (Lipinski definition) is 3. The molecular formula is C55H63Cl2N6O13PS2. The Morgan fingerprint density at radius 1 is 0.759 bits per heavy atom. The number of amides is 7. The van der Waals surface area contributed by atoms with Crippen LogP contribution in [0.2, 0.25) is 0 Å². The third kappa shape index (κ3) is 12.1. The molecule has 79 heavy (non-hydrogen) atoms. The number of alkyl halides is 2. The van der Waals surface area contributed by atoms with E-state index in [9.17, 15) is 47.9 Å². The summed E-state index contributed by atoms with van der Waals surface area (Å²) < 4.78 is 28.4. The van der Waals surface area contributed by atoms with Crippen LogP contribution in [0.4, 0.5) is 21.0 Å². The van der Waals surface area contributed by atoms with Gasteiger partial charge in [-0.2, -0.15) is 0 Å². The molecule has 24 heteroatoms. The number of phosphoric acid groups is 1. The number of rotatable bonds is 23. The Morgan fingerprint density at radius 3 is 1.80 bits per heavy atom. The summed E-state index contributed by atoms with van der Waals surface area (Å²) in [7, 11) is 1.27. The molecule has 0 spiro atoms. The molecule has 3 saturated carbocycles. The van der Waals surface area contributed by atoms with Crippen molar-refractivity contribution in [3.8, 4) is 11.5 Å². The van der Waals surface area contributed by atoms with Gasteiger partial charge in [-0.25, -0.2) is 14.2 Å². The van der Waals surface area contributed by atoms with E-state index in [1.807, 2.05) is 44.2 Å².